The van der Waals surface area contributed by atoms with E-state index >= 15 is 0 Å². The van der Waals surface area contributed by atoms with E-state index in [1.807, 2.05) is 6.07 Å². The van der Waals surface area contributed by atoms with E-state index < -0.39 is 0 Å². The number of unbranched alkanes of at least 4 members (excludes halogenated alkanes) is 1. The topological polar surface area (TPSA) is 41.1 Å². The first kappa shape index (κ1) is 14.6. The highest BCUT2D eigenvalue weighted by atomic mass is 16.2. The van der Waals surface area contributed by atoms with Crippen LogP contribution in [0.5, 0.6) is 0 Å². The van der Waals surface area contributed by atoms with Crippen LogP contribution >= 0.6 is 0 Å². The molecule has 1 aromatic carbocycles. The number of urea groups is 1. The maximum Gasteiger partial charge on any atom is 0.314 e. The van der Waals surface area contributed by atoms with Gasteiger partial charge in [-0.1, -0.05) is 44.2 Å². The summed E-state index contributed by atoms with van der Waals surface area (Å²) in [6.07, 6.45) is 3.20. The molecule has 0 aromatic heterocycles. The lowest BCUT2D eigenvalue weighted by Crippen LogP contribution is -2.37. The van der Waals surface area contributed by atoms with Crippen molar-refractivity contribution < 1.29 is 4.79 Å². The maximum atomic E-state index is 11.4. The number of carbonyl (C=O) groups excluding carboxylic acids is 1. The molecule has 0 unspecified atom stereocenters. The van der Waals surface area contributed by atoms with Crippen molar-refractivity contribution in [1.82, 2.24) is 10.6 Å². The van der Waals surface area contributed by atoms with E-state index in [2.05, 4.69) is 48.7 Å². The number of benzene rings is 1. The number of carbonyl (C=O) groups is 1. The first-order chi connectivity index (χ1) is 8.68. The number of nitrogens with one attached hydrogen (secondary N) is 2. The van der Waals surface area contributed by atoms with Crippen molar-refractivity contribution in [2.24, 2.45) is 5.92 Å². The van der Waals surface area contributed by atoms with Crippen LogP contribution in [0.4, 0.5) is 4.79 Å². The van der Waals surface area contributed by atoms with Gasteiger partial charge in [-0.2, -0.15) is 0 Å². The molecule has 0 aliphatic rings. The summed E-state index contributed by atoms with van der Waals surface area (Å²) in [6.45, 7) is 5.65. The Bertz CT molecular complexity index is 336. The Kier molecular flexibility index (Phi) is 6.92. The van der Waals surface area contributed by atoms with E-state index in [0.29, 0.717) is 5.92 Å². The predicted octanol–water partition coefficient (Wildman–Crippen LogP) is 2.96. The van der Waals surface area contributed by atoms with Crippen molar-refractivity contribution in [2.75, 3.05) is 13.1 Å². The lowest BCUT2D eigenvalue weighted by molar-refractivity contribution is 0.239. The fourth-order valence-electron chi connectivity index (χ4n) is 1.66. The van der Waals surface area contributed by atoms with Gasteiger partial charge in [-0.15, -0.1) is 0 Å². The van der Waals surface area contributed by atoms with Gasteiger partial charge in [0.15, 0.2) is 0 Å². The number of hydrogen-bond donors (Lipinski definition) is 2. The minimum atomic E-state index is -0.0524. The molecular formula is C15H24N2O. The van der Waals surface area contributed by atoms with Crippen molar-refractivity contribution in [2.45, 2.75) is 33.1 Å². The zero-order chi connectivity index (χ0) is 13.2. The van der Waals surface area contributed by atoms with Crippen LogP contribution in [-0.4, -0.2) is 19.1 Å². The molecule has 0 spiro atoms. The van der Waals surface area contributed by atoms with Gasteiger partial charge >= 0.3 is 6.03 Å². The highest BCUT2D eigenvalue weighted by Crippen LogP contribution is 2.03. The Morgan fingerprint density at radius 2 is 1.83 bits per heavy atom. The summed E-state index contributed by atoms with van der Waals surface area (Å²) in [4.78, 5) is 11.4. The molecule has 3 nitrogen and oxygen atoms in total. The van der Waals surface area contributed by atoms with Crippen LogP contribution in [0, 0.1) is 5.92 Å². The molecule has 1 rings (SSSR count). The Morgan fingerprint density at radius 3 is 2.50 bits per heavy atom. The Hall–Kier alpha value is -1.51. The lowest BCUT2D eigenvalue weighted by Gasteiger charge is -2.09. The van der Waals surface area contributed by atoms with Crippen molar-refractivity contribution in [3.63, 3.8) is 0 Å². The summed E-state index contributed by atoms with van der Waals surface area (Å²) >= 11 is 0. The fourth-order valence-corrected chi connectivity index (χ4v) is 1.66. The highest BCUT2D eigenvalue weighted by Gasteiger charge is 2.00. The molecule has 100 valence electrons. The number of amides is 2. The largest absolute Gasteiger partial charge is 0.338 e. The van der Waals surface area contributed by atoms with Crippen LogP contribution in [0.2, 0.25) is 0 Å². The van der Waals surface area contributed by atoms with E-state index in [0.717, 1.165) is 32.4 Å². The molecule has 0 aliphatic heterocycles. The van der Waals surface area contributed by atoms with Crippen LogP contribution in [-0.2, 0) is 6.42 Å². The van der Waals surface area contributed by atoms with Gasteiger partial charge in [0.2, 0.25) is 0 Å². The van der Waals surface area contributed by atoms with Gasteiger partial charge in [-0.3, -0.25) is 0 Å². The van der Waals surface area contributed by atoms with Crippen LogP contribution in [0.15, 0.2) is 30.3 Å². The Balaban J connectivity index is 2.00. The molecule has 0 saturated heterocycles. The summed E-state index contributed by atoms with van der Waals surface area (Å²) < 4.78 is 0. The maximum absolute atomic E-state index is 11.4. The number of aryl methyl sites for hydroxylation is 1. The lowest BCUT2D eigenvalue weighted by atomic mass is 10.1. The average Bonchev–Trinajstić information content (AvgIpc) is 2.37. The van der Waals surface area contributed by atoms with Crippen LogP contribution in [0.1, 0.15) is 32.3 Å². The normalized spacial score (nSPS) is 10.4. The minimum absolute atomic E-state index is 0.0524. The second-order valence-electron chi connectivity index (χ2n) is 4.97. The van der Waals surface area contributed by atoms with E-state index in [1.165, 1.54) is 5.56 Å². The molecule has 0 fully saturated rings. The van der Waals surface area contributed by atoms with Crippen molar-refractivity contribution in [3.8, 4) is 0 Å². The van der Waals surface area contributed by atoms with Crippen molar-refractivity contribution in [3.05, 3.63) is 35.9 Å². The van der Waals surface area contributed by atoms with Gasteiger partial charge in [0.25, 0.3) is 0 Å². The predicted molar refractivity (Wildman–Crippen MR) is 75.6 cm³/mol. The third kappa shape index (κ3) is 6.94. The van der Waals surface area contributed by atoms with Crippen LogP contribution < -0.4 is 10.6 Å². The summed E-state index contributed by atoms with van der Waals surface area (Å²) in [5.41, 5.74) is 1.36. The zero-order valence-electron chi connectivity index (χ0n) is 11.4. The van der Waals surface area contributed by atoms with E-state index in [9.17, 15) is 4.79 Å². The summed E-state index contributed by atoms with van der Waals surface area (Å²) in [5.74, 6) is 0.494. The van der Waals surface area contributed by atoms with Gasteiger partial charge in [-0.25, -0.2) is 4.79 Å². The van der Waals surface area contributed by atoms with Crippen molar-refractivity contribution in [1.29, 1.82) is 0 Å². The van der Waals surface area contributed by atoms with Gasteiger partial charge < -0.3 is 10.6 Å². The summed E-state index contributed by atoms with van der Waals surface area (Å²) in [6, 6.07) is 10.4. The molecular weight excluding hydrogens is 224 g/mol. The minimum Gasteiger partial charge on any atom is -0.338 e. The molecule has 18 heavy (non-hydrogen) atoms. The van der Waals surface area contributed by atoms with Gasteiger partial charge in [0.1, 0.15) is 0 Å². The molecule has 1 aromatic rings. The standard InChI is InChI=1S/C15H24N2O/c1-13(2)12-17-15(18)16-11-7-6-10-14-8-4-3-5-9-14/h3-5,8-9,13H,6-7,10-12H2,1-2H3,(H2,16,17,18). The molecule has 0 radical (unpaired) electrons. The first-order valence-corrected chi connectivity index (χ1v) is 6.74. The molecule has 3 heteroatoms. The molecule has 0 aliphatic carbocycles. The second kappa shape index (κ2) is 8.56. The van der Waals surface area contributed by atoms with E-state index in [-0.39, 0.29) is 6.03 Å². The van der Waals surface area contributed by atoms with E-state index in [1.54, 1.807) is 0 Å². The molecule has 2 amide bonds. The summed E-state index contributed by atoms with van der Waals surface area (Å²) in [7, 11) is 0. The van der Waals surface area contributed by atoms with Gasteiger partial charge in [0, 0.05) is 13.1 Å². The first-order valence-electron chi connectivity index (χ1n) is 6.74. The monoisotopic (exact) mass is 248 g/mol. The average molecular weight is 248 g/mol. The second-order valence-corrected chi connectivity index (χ2v) is 4.97. The zero-order valence-corrected chi connectivity index (χ0v) is 11.4. The molecule has 0 heterocycles. The fraction of sp³-hybridized carbons (Fsp3) is 0.533. The number of hydrogen-bond acceptors (Lipinski definition) is 1. The third-order valence-electron chi connectivity index (χ3n) is 2.69. The van der Waals surface area contributed by atoms with Crippen LogP contribution in [0.3, 0.4) is 0 Å². The number of rotatable bonds is 7. The molecule has 0 saturated carbocycles. The quantitative estimate of drug-likeness (QED) is 0.716. The van der Waals surface area contributed by atoms with Gasteiger partial charge in [0.05, 0.1) is 0 Å². The van der Waals surface area contributed by atoms with Crippen LogP contribution in [0.25, 0.3) is 0 Å². The van der Waals surface area contributed by atoms with E-state index in [4.69, 9.17) is 0 Å². The molecule has 2 N–H and O–H groups in total. The highest BCUT2D eigenvalue weighted by molar-refractivity contribution is 5.73. The van der Waals surface area contributed by atoms with Gasteiger partial charge in [-0.05, 0) is 30.7 Å². The Labute approximate surface area is 110 Å². The molecule has 0 bridgehead atoms. The van der Waals surface area contributed by atoms with Crippen molar-refractivity contribution >= 4 is 6.03 Å². The third-order valence-corrected chi connectivity index (χ3v) is 2.69. The Morgan fingerprint density at radius 1 is 1.11 bits per heavy atom. The smallest absolute Gasteiger partial charge is 0.314 e. The molecule has 0 atom stereocenters. The SMILES string of the molecule is CC(C)CNC(=O)NCCCCc1ccccc1. The summed E-state index contributed by atoms with van der Waals surface area (Å²) in [5, 5.41) is 5.71.